The lowest BCUT2D eigenvalue weighted by atomic mass is 10.0. The van der Waals surface area contributed by atoms with Gasteiger partial charge < -0.3 is 30.9 Å². The maximum absolute atomic E-state index is 12.5. The number of non-ortho nitro benzene ring substituents is 1. The van der Waals surface area contributed by atoms with Crippen molar-refractivity contribution in [1.82, 2.24) is 10.6 Å². The quantitative estimate of drug-likeness (QED) is 0.274. The van der Waals surface area contributed by atoms with Crippen LogP contribution in [0.4, 0.5) is 10.5 Å². The number of primary amides is 1. The van der Waals surface area contributed by atoms with Crippen molar-refractivity contribution in [2.75, 3.05) is 13.7 Å². The average molecular weight is 460 g/mol. The minimum absolute atomic E-state index is 0.0526. The number of nitro benzene ring substituents is 1. The molecular formula is C21H24N4O8. The zero-order valence-corrected chi connectivity index (χ0v) is 17.7. The van der Waals surface area contributed by atoms with Crippen molar-refractivity contribution >= 4 is 23.6 Å². The molecule has 176 valence electrons. The van der Waals surface area contributed by atoms with E-state index >= 15 is 0 Å². The standard InChI is InChI=1S/C21H24N4O8/c1-32-18-8-7-15(25(30)31)9-14(18)10-16(19(22)27)23-20(28)17(11-26)24-21(29)33-12-13-5-3-2-4-6-13/h2-9,16-17,26H,10-12H2,1H3,(H2,22,27)(H,23,28)(H,24,29)/t16-,17+/m1/s1. The van der Waals surface area contributed by atoms with Crippen LogP contribution in [0.3, 0.4) is 0 Å². The minimum atomic E-state index is -1.43. The van der Waals surface area contributed by atoms with Crippen molar-refractivity contribution < 1.29 is 33.9 Å². The fourth-order valence-corrected chi connectivity index (χ4v) is 2.85. The Morgan fingerprint density at radius 2 is 1.82 bits per heavy atom. The van der Waals surface area contributed by atoms with E-state index in [9.17, 15) is 29.6 Å². The van der Waals surface area contributed by atoms with Crippen molar-refractivity contribution in [3.8, 4) is 5.75 Å². The molecule has 0 saturated heterocycles. The molecular weight excluding hydrogens is 436 g/mol. The van der Waals surface area contributed by atoms with E-state index in [0.717, 1.165) is 5.56 Å². The molecule has 0 aromatic heterocycles. The first-order chi connectivity index (χ1) is 15.7. The van der Waals surface area contributed by atoms with Gasteiger partial charge in [-0.15, -0.1) is 0 Å². The second kappa shape index (κ2) is 12.0. The third kappa shape index (κ3) is 7.47. The monoisotopic (exact) mass is 460 g/mol. The highest BCUT2D eigenvalue weighted by atomic mass is 16.6. The number of aliphatic hydroxyl groups excluding tert-OH is 1. The number of benzene rings is 2. The van der Waals surface area contributed by atoms with E-state index in [-0.39, 0.29) is 30.0 Å². The maximum Gasteiger partial charge on any atom is 0.408 e. The molecule has 2 aromatic carbocycles. The van der Waals surface area contributed by atoms with E-state index in [0.29, 0.717) is 0 Å². The number of aliphatic hydroxyl groups is 1. The Kier molecular flexibility index (Phi) is 9.12. The topological polar surface area (TPSA) is 183 Å². The lowest BCUT2D eigenvalue weighted by Crippen LogP contribution is -2.54. The second-order valence-corrected chi connectivity index (χ2v) is 6.86. The smallest absolute Gasteiger partial charge is 0.408 e. The third-order valence-corrected chi connectivity index (χ3v) is 4.56. The van der Waals surface area contributed by atoms with Gasteiger partial charge in [0.05, 0.1) is 18.6 Å². The molecule has 0 fully saturated rings. The zero-order valence-electron chi connectivity index (χ0n) is 17.7. The van der Waals surface area contributed by atoms with Crippen molar-refractivity contribution in [2.45, 2.75) is 25.1 Å². The van der Waals surface area contributed by atoms with Gasteiger partial charge >= 0.3 is 6.09 Å². The van der Waals surface area contributed by atoms with Crippen LogP contribution in [0, 0.1) is 10.1 Å². The number of nitrogens with one attached hydrogen (secondary N) is 2. The number of nitrogens with zero attached hydrogens (tertiary/aromatic N) is 1. The molecule has 12 heteroatoms. The molecule has 2 atom stereocenters. The van der Waals surface area contributed by atoms with Crippen LogP contribution in [0.15, 0.2) is 48.5 Å². The number of nitrogens with two attached hydrogens (primary N) is 1. The van der Waals surface area contributed by atoms with Crippen LogP contribution in [0.2, 0.25) is 0 Å². The van der Waals surface area contributed by atoms with Gasteiger partial charge in [0.15, 0.2) is 0 Å². The van der Waals surface area contributed by atoms with Crippen LogP contribution in [0.1, 0.15) is 11.1 Å². The number of hydrogen-bond acceptors (Lipinski definition) is 8. The Morgan fingerprint density at radius 3 is 2.39 bits per heavy atom. The SMILES string of the molecule is COc1ccc([N+](=O)[O-])cc1C[C@@H](NC(=O)[C@H](CO)NC(=O)OCc1ccccc1)C(N)=O. The molecule has 0 aliphatic heterocycles. The number of carbonyl (C=O) groups is 3. The fourth-order valence-electron chi connectivity index (χ4n) is 2.85. The number of alkyl carbamates (subject to hydrolysis) is 1. The predicted octanol–water partition coefficient (Wildman–Crippen LogP) is 0.403. The van der Waals surface area contributed by atoms with Gasteiger partial charge in [-0.1, -0.05) is 30.3 Å². The summed E-state index contributed by atoms with van der Waals surface area (Å²) in [7, 11) is 1.34. The van der Waals surface area contributed by atoms with E-state index in [1.54, 1.807) is 30.3 Å². The number of nitro groups is 1. The number of methoxy groups -OCH3 is 1. The molecule has 2 rings (SSSR count). The molecule has 0 saturated carbocycles. The van der Waals surface area contributed by atoms with E-state index < -0.39 is 41.5 Å². The minimum Gasteiger partial charge on any atom is -0.496 e. The molecule has 2 aromatic rings. The fraction of sp³-hybridized carbons (Fsp3) is 0.286. The number of ether oxygens (including phenoxy) is 2. The third-order valence-electron chi connectivity index (χ3n) is 4.56. The van der Waals surface area contributed by atoms with Crippen LogP contribution >= 0.6 is 0 Å². The van der Waals surface area contributed by atoms with Gasteiger partial charge in [0.25, 0.3) is 5.69 Å². The lowest BCUT2D eigenvalue weighted by Gasteiger charge is -2.21. The Bertz CT molecular complexity index is 999. The lowest BCUT2D eigenvalue weighted by molar-refractivity contribution is -0.384. The Labute approximate surface area is 188 Å². The van der Waals surface area contributed by atoms with Crippen molar-refractivity contribution in [1.29, 1.82) is 0 Å². The Balaban J connectivity index is 2.04. The predicted molar refractivity (Wildman–Crippen MR) is 115 cm³/mol. The summed E-state index contributed by atoms with van der Waals surface area (Å²) >= 11 is 0. The van der Waals surface area contributed by atoms with Gasteiger partial charge in [-0.2, -0.15) is 0 Å². The van der Waals surface area contributed by atoms with Crippen LogP contribution in [0.25, 0.3) is 0 Å². The van der Waals surface area contributed by atoms with E-state index in [1.165, 1.54) is 25.3 Å². The highest BCUT2D eigenvalue weighted by Gasteiger charge is 2.27. The summed E-state index contributed by atoms with van der Waals surface area (Å²) in [5, 5.41) is 25.1. The number of hydrogen-bond donors (Lipinski definition) is 4. The van der Waals surface area contributed by atoms with Crippen LogP contribution in [-0.2, 0) is 27.4 Å². The summed E-state index contributed by atoms with van der Waals surface area (Å²) < 4.78 is 10.2. The summed E-state index contributed by atoms with van der Waals surface area (Å²) in [5.41, 5.74) is 6.11. The first-order valence-electron chi connectivity index (χ1n) is 9.74. The Morgan fingerprint density at radius 1 is 1.12 bits per heavy atom. The van der Waals surface area contributed by atoms with E-state index in [1.807, 2.05) is 0 Å². The number of carbonyl (C=O) groups excluding carboxylic acids is 3. The molecule has 0 aliphatic carbocycles. The second-order valence-electron chi connectivity index (χ2n) is 6.86. The summed E-state index contributed by atoms with van der Waals surface area (Å²) in [4.78, 5) is 46.9. The van der Waals surface area contributed by atoms with Gasteiger partial charge in [-0.3, -0.25) is 19.7 Å². The summed E-state index contributed by atoms with van der Waals surface area (Å²) in [6, 6.07) is 9.86. The van der Waals surface area contributed by atoms with Gasteiger partial charge in [0, 0.05) is 24.1 Å². The van der Waals surface area contributed by atoms with Gasteiger partial charge in [0.2, 0.25) is 11.8 Å². The van der Waals surface area contributed by atoms with E-state index in [2.05, 4.69) is 10.6 Å². The van der Waals surface area contributed by atoms with Crippen molar-refractivity contribution in [3.05, 3.63) is 69.8 Å². The largest absolute Gasteiger partial charge is 0.496 e. The molecule has 0 radical (unpaired) electrons. The highest BCUT2D eigenvalue weighted by Crippen LogP contribution is 2.25. The van der Waals surface area contributed by atoms with Crippen LogP contribution < -0.4 is 21.1 Å². The van der Waals surface area contributed by atoms with Crippen LogP contribution in [0.5, 0.6) is 5.75 Å². The summed E-state index contributed by atoms with van der Waals surface area (Å²) in [5.74, 6) is -1.58. The normalized spacial score (nSPS) is 12.2. The number of amides is 3. The van der Waals surface area contributed by atoms with E-state index in [4.69, 9.17) is 15.2 Å². The van der Waals surface area contributed by atoms with Gasteiger partial charge in [0.1, 0.15) is 24.4 Å². The molecule has 0 heterocycles. The highest BCUT2D eigenvalue weighted by molar-refractivity contribution is 5.91. The van der Waals surface area contributed by atoms with Gasteiger partial charge in [-0.05, 0) is 11.6 Å². The molecule has 12 nitrogen and oxygen atoms in total. The van der Waals surface area contributed by atoms with Gasteiger partial charge in [-0.25, -0.2) is 4.79 Å². The average Bonchev–Trinajstić information content (AvgIpc) is 2.81. The summed E-state index contributed by atoms with van der Waals surface area (Å²) in [6.07, 6.45) is -1.17. The maximum atomic E-state index is 12.5. The molecule has 0 spiro atoms. The summed E-state index contributed by atoms with van der Waals surface area (Å²) in [6.45, 7) is -0.833. The van der Waals surface area contributed by atoms with Crippen molar-refractivity contribution in [2.24, 2.45) is 5.73 Å². The Hall–Kier alpha value is -4.19. The van der Waals surface area contributed by atoms with Crippen molar-refractivity contribution in [3.63, 3.8) is 0 Å². The van der Waals surface area contributed by atoms with Crippen LogP contribution in [-0.4, -0.2) is 53.7 Å². The molecule has 0 unspecified atom stereocenters. The molecule has 33 heavy (non-hydrogen) atoms. The molecule has 0 bridgehead atoms. The molecule has 3 amide bonds. The first-order valence-corrected chi connectivity index (χ1v) is 9.74. The number of rotatable bonds is 11. The first kappa shape index (κ1) is 25.1. The zero-order chi connectivity index (χ0) is 24.4. The molecule has 5 N–H and O–H groups in total. The molecule has 0 aliphatic rings.